The first-order chi connectivity index (χ1) is 9.17. The summed E-state index contributed by atoms with van der Waals surface area (Å²) in [6.07, 6.45) is 0. The predicted molar refractivity (Wildman–Crippen MR) is 78.4 cm³/mol. The van der Waals surface area contributed by atoms with Gasteiger partial charge < -0.3 is 9.15 Å². The summed E-state index contributed by atoms with van der Waals surface area (Å²) in [6, 6.07) is 11.8. The molecule has 0 radical (unpaired) electrons. The van der Waals surface area contributed by atoms with Gasteiger partial charge in [-0.25, -0.2) is 4.98 Å². The van der Waals surface area contributed by atoms with Crippen LogP contribution in [0.2, 0.25) is 0 Å². The van der Waals surface area contributed by atoms with Gasteiger partial charge in [0.25, 0.3) is 0 Å². The number of rotatable bonds is 2. The SMILES string of the molecule is COc1cc(Br)c2oc(-c3ccc(C)cc3)nc2c1. The maximum Gasteiger partial charge on any atom is 0.227 e. The Bertz CT molecular complexity index is 732. The minimum Gasteiger partial charge on any atom is -0.497 e. The Morgan fingerprint density at radius 1 is 1.16 bits per heavy atom. The molecule has 0 aliphatic heterocycles. The zero-order valence-corrected chi connectivity index (χ0v) is 12.2. The molecule has 0 fully saturated rings. The normalized spacial score (nSPS) is 10.9. The largest absolute Gasteiger partial charge is 0.497 e. The van der Waals surface area contributed by atoms with Gasteiger partial charge in [-0.2, -0.15) is 0 Å². The number of hydrogen-bond acceptors (Lipinski definition) is 3. The van der Waals surface area contributed by atoms with Crippen LogP contribution in [-0.4, -0.2) is 12.1 Å². The van der Waals surface area contributed by atoms with Crippen LogP contribution in [0.25, 0.3) is 22.6 Å². The summed E-state index contributed by atoms with van der Waals surface area (Å²) in [7, 11) is 1.63. The molecule has 0 spiro atoms. The van der Waals surface area contributed by atoms with Gasteiger partial charge >= 0.3 is 0 Å². The van der Waals surface area contributed by atoms with E-state index in [9.17, 15) is 0 Å². The maximum absolute atomic E-state index is 5.81. The van der Waals surface area contributed by atoms with Crippen LogP contribution in [0.3, 0.4) is 0 Å². The second-order valence-corrected chi connectivity index (χ2v) is 5.20. The van der Waals surface area contributed by atoms with Crippen molar-refractivity contribution in [1.29, 1.82) is 0 Å². The predicted octanol–water partition coefficient (Wildman–Crippen LogP) is 4.57. The van der Waals surface area contributed by atoms with Crippen molar-refractivity contribution in [1.82, 2.24) is 4.98 Å². The molecule has 0 N–H and O–H groups in total. The van der Waals surface area contributed by atoms with Gasteiger partial charge in [0.15, 0.2) is 5.58 Å². The number of nitrogens with zero attached hydrogens (tertiary/aromatic N) is 1. The molecule has 3 aromatic rings. The van der Waals surface area contributed by atoms with Crippen LogP contribution in [0.1, 0.15) is 5.56 Å². The van der Waals surface area contributed by atoms with Crippen molar-refractivity contribution in [3.63, 3.8) is 0 Å². The molecule has 1 heterocycles. The van der Waals surface area contributed by atoms with Crippen LogP contribution in [-0.2, 0) is 0 Å². The lowest BCUT2D eigenvalue weighted by molar-refractivity contribution is 0.415. The number of fused-ring (bicyclic) bond motifs is 1. The molecule has 0 bridgehead atoms. The summed E-state index contributed by atoms with van der Waals surface area (Å²) in [6.45, 7) is 2.05. The fourth-order valence-corrected chi connectivity index (χ4v) is 2.41. The van der Waals surface area contributed by atoms with E-state index in [2.05, 4.69) is 27.8 Å². The molecular formula is C15H12BrNO2. The van der Waals surface area contributed by atoms with Crippen LogP contribution in [0.5, 0.6) is 5.75 Å². The van der Waals surface area contributed by atoms with Crippen LogP contribution >= 0.6 is 15.9 Å². The lowest BCUT2D eigenvalue weighted by atomic mass is 10.1. The molecular weight excluding hydrogens is 306 g/mol. The summed E-state index contributed by atoms with van der Waals surface area (Å²) in [5.74, 6) is 1.37. The Labute approximate surface area is 119 Å². The Morgan fingerprint density at radius 3 is 2.58 bits per heavy atom. The monoisotopic (exact) mass is 317 g/mol. The average Bonchev–Trinajstić information content (AvgIpc) is 2.84. The van der Waals surface area contributed by atoms with Crippen molar-refractivity contribution in [2.45, 2.75) is 6.92 Å². The highest BCUT2D eigenvalue weighted by Crippen LogP contribution is 2.32. The number of oxazole rings is 1. The maximum atomic E-state index is 5.81. The van der Waals surface area contributed by atoms with Crippen molar-refractivity contribution in [3.8, 4) is 17.2 Å². The number of aromatic nitrogens is 1. The van der Waals surface area contributed by atoms with E-state index in [0.717, 1.165) is 26.9 Å². The van der Waals surface area contributed by atoms with E-state index in [1.807, 2.05) is 36.4 Å². The van der Waals surface area contributed by atoms with Gasteiger partial charge in [0, 0.05) is 11.6 Å². The smallest absolute Gasteiger partial charge is 0.227 e. The Hall–Kier alpha value is -1.81. The van der Waals surface area contributed by atoms with Crippen molar-refractivity contribution in [3.05, 3.63) is 46.4 Å². The molecule has 2 aromatic carbocycles. The highest BCUT2D eigenvalue weighted by molar-refractivity contribution is 9.10. The molecule has 3 nitrogen and oxygen atoms in total. The van der Waals surface area contributed by atoms with E-state index in [1.54, 1.807) is 7.11 Å². The topological polar surface area (TPSA) is 35.3 Å². The van der Waals surface area contributed by atoms with Gasteiger partial charge in [0.2, 0.25) is 5.89 Å². The van der Waals surface area contributed by atoms with Crippen molar-refractivity contribution < 1.29 is 9.15 Å². The fraction of sp³-hybridized carbons (Fsp3) is 0.133. The van der Waals surface area contributed by atoms with Crippen LogP contribution in [0.4, 0.5) is 0 Å². The lowest BCUT2D eigenvalue weighted by Crippen LogP contribution is -1.82. The second kappa shape index (κ2) is 4.70. The third-order valence-electron chi connectivity index (χ3n) is 2.95. The minimum atomic E-state index is 0.615. The molecule has 3 rings (SSSR count). The highest BCUT2D eigenvalue weighted by atomic mass is 79.9. The van der Waals surface area contributed by atoms with E-state index >= 15 is 0 Å². The van der Waals surface area contributed by atoms with Gasteiger partial charge in [0.1, 0.15) is 11.3 Å². The first-order valence-electron chi connectivity index (χ1n) is 5.88. The van der Waals surface area contributed by atoms with Crippen LogP contribution in [0, 0.1) is 6.92 Å². The third-order valence-corrected chi connectivity index (χ3v) is 3.54. The summed E-state index contributed by atoms with van der Waals surface area (Å²) >= 11 is 3.47. The number of methoxy groups -OCH3 is 1. The molecule has 0 aliphatic carbocycles. The van der Waals surface area contributed by atoms with Crippen LogP contribution < -0.4 is 4.74 Å². The standard InChI is InChI=1S/C15H12BrNO2/c1-9-3-5-10(6-4-9)15-17-13-8-11(18-2)7-12(16)14(13)19-15/h3-8H,1-2H3. The second-order valence-electron chi connectivity index (χ2n) is 4.34. The van der Waals surface area contributed by atoms with E-state index in [4.69, 9.17) is 9.15 Å². The Morgan fingerprint density at radius 2 is 1.89 bits per heavy atom. The summed E-state index contributed by atoms with van der Waals surface area (Å²) in [5, 5.41) is 0. The van der Waals surface area contributed by atoms with Crippen molar-refractivity contribution in [2.24, 2.45) is 0 Å². The first kappa shape index (κ1) is 12.2. The zero-order chi connectivity index (χ0) is 13.4. The van der Waals surface area contributed by atoms with E-state index in [-0.39, 0.29) is 0 Å². The van der Waals surface area contributed by atoms with E-state index in [1.165, 1.54) is 5.56 Å². The molecule has 0 atom stereocenters. The molecule has 4 heteroatoms. The molecule has 1 aromatic heterocycles. The molecule has 0 unspecified atom stereocenters. The van der Waals surface area contributed by atoms with E-state index < -0.39 is 0 Å². The van der Waals surface area contributed by atoms with Gasteiger partial charge in [-0.1, -0.05) is 17.7 Å². The first-order valence-corrected chi connectivity index (χ1v) is 6.68. The molecule has 19 heavy (non-hydrogen) atoms. The van der Waals surface area contributed by atoms with Gasteiger partial charge in [-0.05, 0) is 41.1 Å². The average molecular weight is 318 g/mol. The molecule has 0 saturated heterocycles. The van der Waals surface area contributed by atoms with Crippen LogP contribution in [0.15, 0.2) is 45.3 Å². The summed E-state index contributed by atoms with van der Waals surface area (Å²) in [5.41, 5.74) is 3.69. The van der Waals surface area contributed by atoms with Crippen molar-refractivity contribution >= 4 is 27.0 Å². The molecule has 0 aliphatic rings. The Balaban J connectivity index is 2.16. The zero-order valence-electron chi connectivity index (χ0n) is 10.6. The number of benzene rings is 2. The minimum absolute atomic E-state index is 0.615. The number of halogens is 1. The van der Waals surface area contributed by atoms with E-state index in [0.29, 0.717) is 5.89 Å². The fourth-order valence-electron chi connectivity index (χ4n) is 1.91. The number of aryl methyl sites for hydroxylation is 1. The van der Waals surface area contributed by atoms with Gasteiger partial charge in [-0.15, -0.1) is 0 Å². The molecule has 0 amide bonds. The lowest BCUT2D eigenvalue weighted by Gasteiger charge is -1.98. The number of ether oxygens (including phenoxy) is 1. The van der Waals surface area contributed by atoms with Gasteiger partial charge in [0.05, 0.1) is 11.6 Å². The van der Waals surface area contributed by atoms with Gasteiger partial charge in [-0.3, -0.25) is 0 Å². The molecule has 0 saturated carbocycles. The molecule has 96 valence electrons. The highest BCUT2D eigenvalue weighted by Gasteiger charge is 2.12. The quantitative estimate of drug-likeness (QED) is 0.694. The summed E-state index contributed by atoms with van der Waals surface area (Å²) < 4.78 is 11.9. The van der Waals surface area contributed by atoms with Crippen molar-refractivity contribution in [2.75, 3.05) is 7.11 Å². The number of hydrogen-bond donors (Lipinski definition) is 0. The Kier molecular flexibility index (Phi) is 3.03. The third kappa shape index (κ3) is 2.24. The summed E-state index contributed by atoms with van der Waals surface area (Å²) in [4.78, 5) is 4.51.